The van der Waals surface area contributed by atoms with Crippen molar-refractivity contribution in [2.24, 2.45) is 0 Å². The normalized spacial score (nSPS) is 10.3. The lowest BCUT2D eigenvalue weighted by molar-refractivity contribution is 0.102. The van der Waals surface area contributed by atoms with E-state index in [1.54, 1.807) is 0 Å². The molecule has 0 atom stereocenters. The fourth-order valence-electron chi connectivity index (χ4n) is 1.76. The Kier molecular flexibility index (Phi) is 4.38. The zero-order chi connectivity index (χ0) is 13.8. The van der Waals surface area contributed by atoms with E-state index in [1.165, 1.54) is 11.1 Å². The minimum atomic E-state index is -0.0744. The SMILES string of the molecule is Cc1ccc(C(=O)Nc2ccc(CBr)cc2)cc1C. The van der Waals surface area contributed by atoms with Gasteiger partial charge in [-0.2, -0.15) is 0 Å². The Labute approximate surface area is 122 Å². The number of aryl methyl sites for hydroxylation is 2. The van der Waals surface area contributed by atoms with Crippen molar-refractivity contribution >= 4 is 27.5 Å². The molecule has 1 amide bonds. The fourth-order valence-corrected chi connectivity index (χ4v) is 2.14. The molecule has 19 heavy (non-hydrogen) atoms. The van der Waals surface area contributed by atoms with Crippen LogP contribution in [0, 0.1) is 13.8 Å². The van der Waals surface area contributed by atoms with E-state index in [1.807, 2.05) is 56.3 Å². The highest BCUT2D eigenvalue weighted by Gasteiger charge is 2.07. The summed E-state index contributed by atoms with van der Waals surface area (Å²) in [5, 5.41) is 3.72. The van der Waals surface area contributed by atoms with Crippen LogP contribution in [0.3, 0.4) is 0 Å². The summed E-state index contributed by atoms with van der Waals surface area (Å²) in [5.41, 5.74) is 5.00. The number of nitrogens with one attached hydrogen (secondary N) is 1. The second-order valence-corrected chi connectivity index (χ2v) is 5.14. The maximum Gasteiger partial charge on any atom is 0.255 e. The quantitative estimate of drug-likeness (QED) is 0.832. The van der Waals surface area contributed by atoms with Gasteiger partial charge in [-0.3, -0.25) is 4.79 Å². The molecule has 2 rings (SSSR count). The van der Waals surface area contributed by atoms with Crippen LogP contribution < -0.4 is 5.32 Å². The topological polar surface area (TPSA) is 29.1 Å². The zero-order valence-electron chi connectivity index (χ0n) is 11.0. The molecule has 0 aliphatic carbocycles. The van der Waals surface area contributed by atoms with Crippen LogP contribution in [0.1, 0.15) is 27.0 Å². The highest BCUT2D eigenvalue weighted by molar-refractivity contribution is 9.08. The van der Waals surface area contributed by atoms with E-state index in [2.05, 4.69) is 21.2 Å². The molecular weight excluding hydrogens is 302 g/mol. The lowest BCUT2D eigenvalue weighted by Crippen LogP contribution is -2.12. The number of carbonyl (C=O) groups is 1. The number of benzene rings is 2. The molecule has 2 nitrogen and oxygen atoms in total. The Morgan fingerprint density at radius 1 is 1.05 bits per heavy atom. The average molecular weight is 318 g/mol. The van der Waals surface area contributed by atoms with E-state index in [0.717, 1.165) is 16.6 Å². The number of hydrogen-bond donors (Lipinski definition) is 1. The summed E-state index contributed by atoms with van der Waals surface area (Å²) in [6.07, 6.45) is 0. The Balaban J connectivity index is 2.13. The van der Waals surface area contributed by atoms with E-state index in [0.29, 0.717) is 5.56 Å². The van der Waals surface area contributed by atoms with Crippen LogP contribution in [0.2, 0.25) is 0 Å². The molecular formula is C16H16BrNO. The van der Waals surface area contributed by atoms with Gasteiger partial charge in [0.05, 0.1) is 0 Å². The van der Waals surface area contributed by atoms with Crippen LogP contribution in [0.5, 0.6) is 0 Å². The van der Waals surface area contributed by atoms with E-state index in [9.17, 15) is 4.79 Å². The van der Waals surface area contributed by atoms with Gasteiger partial charge < -0.3 is 5.32 Å². The second kappa shape index (κ2) is 6.02. The maximum atomic E-state index is 12.1. The van der Waals surface area contributed by atoms with Gasteiger partial charge in [0.15, 0.2) is 0 Å². The summed E-state index contributed by atoms with van der Waals surface area (Å²) in [5.74, 6) is -0.0744. The maximum absolute atomic E-state index is 12.1. The van der Waals surface area contributed by atoms with Gasteiger partial charge in [-0.25, -0.2) is 0 Å². The summed E-state index contributed by atoms with van der Waals surface area (Å²) in [6, 6.07) is 13.5. The van der Waals surface area contributed by atoms with Crippen molar-refractivity contribution in [1.82, 2.24) is 0 Å². The van der Waals surface area contributed by atoms with E-state index in [-0.39, 0.29) is 5.91 Å². The number of amides is 1. The Morgan fingerprint density at radius 3 is 2.32 bits per heavy atom. The molecule has 1 N–H and O–H groups in total. The van der Waals surface area contributed by atoms with Crippen molar-refractivity contribution in [2.75, 3.05) is 5.32 Å². The van der Waals surface area contributed by atoms with Crippen LogP contribution in [-0.4, -0.2) is 5.91 Å². The molecule has 0 heterocycles. The number of anilines is 1. The molecule has 0 unspecified atom stereocenters. The first kappa shape index (κ1) is 13.8. The summed E-state index contributed by atoms with van der Waals surface area (Å²) >= 11 is 3.40. The Bertz CT molecular complexity index is 590. The summed E-state index contributed by atoms with van der Waals surface area (Å²) in [7, 11) is 0. The second-order valence-electron chi connectivity index (χ2n) is 4.58. The van der Waals surface area contributed by atoms with Crippen molar-refractivity contribution in [3.8, 4) is 0 Å². The Morgan fingerprint density at radius 2 is 1.74 bits per heavy atom. The molecule has 98 valence electrons. The molecule has 2 aromatic carbocycles. The molecule has 0 bridgehead atoms. The predicted octanol–water partition coefficient (Wildman–Crippen LogP) is 4.45. The van der Waals surface area contributed by atoms with Gasteiger partial charge in [0, 0.05) is 16.6 Å². The number of halogens is 1. The zero-order valence-corrected chi connectivity index (χ0v) is 12.6. The molecule has 0 aromatic heterocycles. The summed E-state index contributed by atoms with van der Waals surface area (Å²) in [4.78, 5) is 12.1. The van der Waals surface area contributed by atoms with Crippen molar-refractivity contribution in [3.05, 3.63) is 64.7 Å². The van der Waals surface area contributed by atoms with Gasteiger partial charge >= 0.3 is 0 Å². The van der Waals surface area contributed by atoms with Gasteiger partial charge in [-0.1, -0.05) is 34.1 Å². The molecule has 3 heteroatoms. The average Bonchev–Trinajstić information content (AvgIpc) is 2.42. The third kappa shape index (κ3) is 3.44. The van der Waals surface area contributed by atoms with Crippen molar-refractivity contribution in [2.45, 2.75) is 19.2 Å². The lowest BCUT2D eigenvalue weighted by atomic mass is 10.1. The summed E-state index contributed by atoms with van der Waals surface area (Å²) in [6.45, 7) is 4.05. The van der Waals surface area contributed by atoms with Gasteiger partial charge in [-0.15, -0.1) is 0 Å². The third-order valence-corrected chi connectivity index (χ3v) is 3.78. The molecule has 0 saturated carbocycles. The molecule has 0 radical (unpaired) electrons. The monoisotopic (exact) mass is 317 g/mol. The molecule has 2 aromatic rings. The van der Waals surface area contributed by atoms with E-state index >= 15 is 0 Å². The molecule has 0 spiro atoms. The minimum absolute atomic E-state index is 0.0744. The molecule has 0 saturated heterocycles. The van der Waals surface area contributed by atoms with Crippen molar-refractivity contribution in [1.29, 1.82) is 0 Å². The first-order chi connectivity index (χ1) is 9.10. The standard InChI is InChI=1S/C16H16BrNO/c1-11-3-6-14(9-12(11)2)16(19)18-15-7-4-13(10-17)5-8-15/h3-9H,10H2,1-2H3,(H,18,19). The number of hydrogen-bond acceptors (Lipinski definition) is 1. The third-order valence-electron chi connectivity index (χ3n) is 3.14. The van der Waals surface area contributed by atoms with Crippen LogP contribution >= 0.6 is 15.9 Å². The van der Waals surface area contributed by atoms with Gasteiger partial charge in [0.25, 0.3) is 5.91 Å². The Hall–Kier alpha value is -1.61. The molecule has 0 aliphatic heterocycles. The highest BCUT2D eigenvalue weighted by Crippen LogP contribution is 2.15. The number of alkyl halides is 1. The fraction of sp³-hybridized carbons (Fsp3) is 0.188. The van der Waals surface area contributed by atoms with Crippen molar-refractivity contribution in [3.63, 3.8) is 0 Å². The van der Waals surface area contributed by atoms with E-state index < -0.39 is 0 Å². The number of rotatable bonds is 3. The number of carbonyl (C=O) groups excluding carboxylic acids is 1. The molecule has 0 fully saturated rings. The van der Waals surface area contributed by atoms with Crippen molar-refractivity contribution < 1.29 is 4.79 Å². The predicted molar refractivity (Wildman–Crippen MR) is 82.9 cm³/mol. The summed E-state index contributed by atoms with van der Waals surface area (Å²) < 4.78 is 0. The van der Waals surface area contributed by atoms with Gasteiger partial charge in [0.2, 0.25) is 0 Å². The van der Waals surface area contributed by atoms with Gasteiger partial charge in [0.1, 0.15) is 0 Å². The lowest BCUT2D eigenvalue weighted by Gasteiger charge is -2.07. The van der Waals surface area contributed by atoms with Crippen LogP contribution in [-0.2, 0) is 5.33 Å². The minimum Gasteiger partial charge on any atom is -0.322 e. The highest BCUT2D eigenvalue weighted by atomic mass is 79.9. The largest absolute Gasteiger partial charge is 0.322 e. The van der Waals surface area contributed by atoms with Crippen LogP contribution in [0.15, 0.2) is 42.5 Å². The first-order valence-corrected chi connectivity index (χ1v) is 7.26. The first-order valence-electron chi connectivity index (χ1n) is 6.13. The van der Waals surface area contributed by atoms with E-state index in [4.69, 9.17) is 0 Å². The molecule has 0 aliphatic rings. The smallest absolute Gasteiger partial charge is 0.255 e. The van der Waals surface area contributed by atoms with Gasteiger partial charge in [-0.05, 0) is 54.8 Å². The van der Waals surface area contributed by atoms with Crippen LogP contribution in [0.4, 0.5) is 5.69 Å². The van der Waals surface area contributed by atoms with Crippen LogP contribution in [0.25, 0.3) is 0 Å².